The first-order chi connectivity index (χ1) is 13.1. The number of rotatable bonds is 4. The molecule has 3 aromatic rings. The summed E-state index contributed by atoms with van der Waals surface area (Å²) >= 11 is 0. The molecule has 0 radical (unpaired) electrons. The van der Waals surface area contributed by atoms with Crippen LogP contribution in [0.5, 0.6) is 5.88 Å². The number of H-pyrrole nitrogens is 1. The second-order valence-corrected chi connectivity index (χ2v) is 6.79. The van der Waals surface area contributed by atoms with Crippen LogP contribution in [0.4, 0.5) is 10.6 Å². The van der Waals surface area contributed by atoms with E-state index in [1.165, 1.54) is 5.56 Å². The fourth-order valence-electron chi connectivity index (χ4n) is 3.62. The molecule has 8 nitrogen and oxygen atoms in total. The minimum atomic E-state index is -0.269. The predicted molar refractivity (Wildman–Crippen MR) is 103 cm³/mol. The molecule has 0 aliphatic carbocycles. The molecular weight excluding hydrogens is 344 g/mol. The molecule has 4 rings (SSSR count). The van der Waals surface area contributed by atoms with E-state index in [0.717, 1.165) is 24.0 Å². The highest BCUT2D eigenvalue weighted by Crippen LogP contribution is 2.27. The van der Waals surface area contributed by atoms with Crippen molar-refractivity contribution in [3.8, 4) is 5.88 Å². The van der Waals surface area contributed by atoms with Gasteiger partial charge in [-0.2, -0.15) is 0 Å². The predicted octanol–water partition coefficient (Wildman–Crippen LogP) is 2.19. The molecule has 27 heavy (non-hydrogen) atoms. The van der Waals surface area contributed by atoms with Crippen LogP contribution in [-0.4, -0.2) is 59.4 Å². The van der Waals surface area contributed by atoms with Gasteiger partial charge in [-0.1, -0.05) is 30.3 Å². The molecule has 0 spiro atoms. The maximum atomic E-state index is 12.5. The van der Waals surface area contributed by atoms with E-state index >= 15 is 0 Å². The highest BCUT2D eigenvalue weighted by molar-refractivity contribution is 5.92. The van der Waals surface area contributed by atoms with E-state index in [0.29, 0.717) is 11.7 Å². The van der Waals surface area contributed by atoms with Crippen LogP contribution < -0.4 is 15.4 Å². The Morgan fingerprint density at radius 3 is 2.89 bits per heavy atom. The number of carbonyl (C=O) groups is 1. The number of carbonyl (C=O) groups excluding carboxylic acids is 1. The van der Waals surface area contributed by atoms with Crippen LogP contribution in [0.2, 0.25) is 0 Å². The number of urea groups is 1. The van der Waals surface area contributed by atoms with Crippen LogP contribution in [0, 0.1) is 0 Å². The number of pyridine rings is 1. The van der Waals surface area contributed by atoms with Crippen molar-refractivity contribution in [1.29, 1.82) is 0 Å². The van der Waals surface area contributed by atoms with E-state index in [9.17, 15) is 4.79 Å². The lowest BCUT2D eigenvalue weighted by molar-refractivity contribution is 0.247. The average molecular weight is 366 g/mol. The highest BCUT2D eigenvalue weighted by Gasteiger charge is 2.33. The number of methoxy groups -OCH3 is 1. The van der Waals surface area contributed by atoms with Gasteiger partial charge in [0.2, 0.25) is 5.88 Å². The summed E-state index contributed by atoms with van der Waals surface area (Å²) in [6, 6.07) is 11.8. The van der Waals surface area contributed by atoms with Gasteiger partial charge < -0.3 is 15.0 Å². The van der Waals surface area contributed by atoms with E-state index in [-0.39, 0.29) is 18.0 Å². The second kappa shape index (κ2) is 7.24. The number of amides is 2. The largest absolute Gasteiger partial charge is 0.479 e. The Morgan fingerprint density at radius 2 is 2.11 bits per heavy atom. The van der Waals surface area contributed by atoms with Crippen LogP contribution in [0.3, 0.4) is 0 Å². The zero-order chi connectivity index (χ0) is 18.8. The average Bonchev–Trinajstić information content (AvgIpc) is 3.24. The highest BCUT2D eigenvalue weighted by atomic mass is 16.5. The number of fused-ring (bicyclic) bond motifs is 1. The molecule has 3 N–H and O–H groups in total. The first-order valence-electron chi connectivity index (χ1n) is 8.83. The number of anilines is 1. The van der Waals surface area contributed by atoms with Crippen LogP contribution in [0.25, 0.3) is 10.9 Å². The number of nitrogens with one attached hydrogen (secondary N) is 3. The number of aromatic amines is 1. The Kier molecular flexibility index (Phi) is 4.64. The molecule has 1 saturated heterocycles. The van der Waals surface area contributed by atoms with Gasteiger partial charge in [-0.15, -0.1) is 5.10 Å². The van der Waals surface area contributed by atoms with Crippen molar-refractivity contribution >= 4 is 22.8 Å². The number of likely N-dealkylation sites (N-methyl/N-ethyl adjacent to an activating group) is 1. The molecule has 1 aromatic carbocycles. The summed E-state index contributed by atoms with van der Waals surface area (Å²) in [4.78, 5) is 19.0. The van der Waals surface area contributed by atoms with Gasteiger partial charge in [-0.25, -0.2) is 9.78 Å². The van der Waals surface area contributed by atoms with Gasteiger partial charge in [-0.05, 0) is 12.6 Å². The number of nitrogens with zero attached hydrogens (tertiary/aromatic N) is 3. The van der Waals surface area contributed by atoms with Crippen LogP contribution in [0.15, 0.2) is 42.6 Å². The first-order valence-corrected chi connectivity index (χ1v) is 8.83. The van der Waals surface area contributed by atoms with Crippen LogP contribution in [0.1, 0.15) is 11.5 Å². The van der Waals surface area contributed by atoms with Gasteiger partial charge in [0, 0.05) is 31.3 Å². The molecule has 3 heterocycles. The lowest BCUT2D eigenvalue weighted by atomic mass is 9.94. The van der Waals surface area contributed by atoms with Crippen molar-refractivity contribution in [2.75, 3.05) is 32.6 Å². The Bertz CT molecular complexity index is 942. The summed E-state index contributed by atoms with van der Waals surface area (Å²) < 4.78 is 5.15. The topological polar surface area (TPSA) is 95.2 Å². The third-order valence-electron chi connectivity index (χ3n) is 4.89. The van der Waals surface area contributed by atoms with Crippen molar-refractivity contribution in [2.45, 2.75) is 12.0 Å². The molecule has 8 heteroatoms. The Balaban J connectivity index is 1.45. The number of hydrogen-bond donors (Lipinski definition) is 3. The third-order valence-corrected chi connectivity index (χ3v) is 4.89. The van der Waals surface area contributed by atoms with Crippen LogP contribution >= 0.6 is 0 Å². The van der Waals surface area contributed by atoms with Gasteiger partial charge >= 0.3 is 6.03 Å². The number of aromatic nitrogens is 3. The Hall–Kier alpha value is -3.13. The van der Waals surface area contributed by atoms with E-state index in [4.69, 9.17) is 4.74 Å². The van der Waals surface area contributed by atoms with E-state index in [1.54, 1.807) is 19.4 Å². The molecule has 1 aliphatic rings. The lowest BCUT2D eigenvalue weighted by Crippen LogP contribution is -2.42. The van der Waals surface area contributed by atoms with Gasteiger partial charge in [0.05, 0.1) is 24.1 Å². The lowest BCUT2D eigenvalue weighted by Gasteiger charge is -2.20. The minimum absolute atomic E-state index is 0.0355. The molecule has 2 aromatic heterocycles. The molecule has 1 aliphatic heterocycles. The number of benzene rings is 1. The standard InChI is InChI=1S/C19H22N6O2/c1-25-10-14(12-6-4-3-5-7-12)16(11-25)21-19(26)22-17-8-15-13(9-20-17)18(27-2)24-23-15/h3-9,14,16H,10-11H2,1-2H3,(H,23,24)(H2,20,21,22,26). The smallest absolute Gasteiger partial charge is 0.320 e. The molecular formula is C19H22N6O2. The van der Waals surface area contributed by atoms with Gasteiger partial charge in [0.15, 0.2) is 0 Å². The summed E-state index contributed by atoms with van der Waals surface area (Å²) in [5.41, 5.74) is 1.98. The summed E-state index contributed by atoms with van der Waals surface area (Å²) in [5.74, 6) is 1.19. The SMILES string of the molecule is COc1n[nH]c2cc(NC(=O)NC3CN(C)CC3c3ccccc3)ncc12. The molecule has 2 amide bonds. The maximum Gasteiger partial charge on any atom is 0.320 e. The Labute approximate surface area is 156 Å². The van der Waals surface area contributed by atoms with E-state index in [1.807, 2.05) is 18.2 Å². The molecule has 2 unspecified atom stereocenters. The molecule has 0 saturated carbocycles. The van der Waals surface area contributed by atoms with E-state index in [2.05, 4.69) is 49.9 Å². The minimum Gasteiger partial charge on any atom is -0.479 e. The first kappa shape index (κ1) is 17.3. The number of hydrogen-bond acceptors (Lipinski definition) is 5. The summed E-state index contributed by atoms with van der Waals surface area (Å²) in [7, 11) is 3.62. The third kappa shape index (κ3) is 3.56. The van der Waals surface area contributed by atoms with Gasteiger partial charge in [0.1, 0.15) is 5.82 Å². The Morgan fingerprint density at radius 1 is 1.30 bits per heavy atom. The quantitative estimate of drug-likeness (QED) is 0.658. The van der Waals surface area contributed by atoms with E-state index < -0.39 is 0 Å². The number of ether oxygens (including phenoxy) is 1. The molecule has 2 atom stereocenters. The molecule has 0 bridgehead atoms. The zero-order valence-corrected chi connectivity index (χ0v) is 15.3. The normalized spacial score (nSPS) is 19.9. The second-order valence-electron chi connectivity index (χ2n) is 6.79. The van der Waals surface area contributed by atoms with Crippen molar-refractivity contribution in [3.05, 3.63) is 48.2 Å². The van der Waals surface area contributed by atoms with Crippen molar-refractivity contribution < 1.29 is 9.53 Å². The maximum absolute atomic E-state index is 12.5. The van der Waals surface area contributed by atoms with Crippen LogP contribution in [-0.2, 0) is 0 Å². The van der Waals surface area contributed by atoms with Gasteiger partial charge in [-0.3, -0.25) is 10.4 Å². The van der Waals surface area contributed by atoms with Gasteiger partial charge in [0.25, 0.3) is 0 Å². The monoisotopic (exact) mass is 366 g/mol. The van der Waals surface area contributed by atoms with Crippen molar-refractivity contribution in [1.82, 2.24) is 25.4 Å². The number of likely N-dealkylation sites (tertiary alicyclic amines) is 1. The summed E-state index contributed by atoms with van der Waals surface area (Å²) in [6.07, 6.45) is 1.63. The zero-order valence-electron chi connectivity index (χ0n) is 15.3. The summed E-state index contributed by atoms with van der Waals surface area (Å²) in [5, 5.41) is 13.6. The molecule has 140 valence electrons. The van der Waals surface area contributed by atoms with Crippen molar-refractivity contribution in [3.63, 3.8) is 0 Å². The fraction of sp³-hybridized carbons (Fsp3) is 0.316. The summed E-state index contributed by atoms with van der Waals surface area (Å²) in [6.45, 7) is 1.71. The molecule has 1 fully saturated rings. The van der Waals surface area contributed by atoms with Crippen molar-refractivity contribution in [2.24, 2.45) is 0 Å². The fourth-order valence-corrected chi connectivity index (χ4v) is 3.62.